The van der Waals surface area contributed by atoms with Crippen LogP contribution in [0.1, 0.15) is 57.4 Å². The monoisotopic (exact) mass is 502 g/mol. The van der Waals surface area contributed by atoms with E-state index >= 15 is 0 Å². The summed E-state index contributed by atoms with van der Waals surface area (Å²) in [6.45, 7) is 9.65. The van der Waals surface area contributed by atoms with Gasteiger partial charge in [0.1, 0.15) is 17.2 Å². The molecule has 0 amide bonds. The van der Waals surface area contributed by atoms with Gasteiger partial charge in [0, 0.05) is 24.9 Å². The van der Waals surface area contributed by atoms with E-state index in [1.54, 1.807) is 25.3 Å². The number of halogens is 1. The van der Waals surface area contributed by atoms with Crippen molar-refractivity contribution < 1.29 is 9.52 Å². The molecule has 2 atom stereocenters. The van der Waals surface area contributed by atoms with E-state index in [1.165, 1.54) is 0 Å². The van der Waals surface area contributed by atoms with Crippen LogP contribution >= 0.6 is 24.0 Å². The lowest BCUT2D eigenvalue weighted by molar-refractivity contribution is 0.0436. The second-order valence-corrected chi connectivity index (χ2v) is 7.55. The molecule has 3 heterocycles. The number of guanidine groups is 1. The van der Waals surface area contributed by atoms with E-state index in [2.05, 4.69) is 39.6 Å². The van der Waals surface area contributed by atoms with Crippen LogP contribution in [0.3, 0.4) is 0 Å². The SMILES string of the molecule is CCNC(=NCC(C)(O)c1ccco1)NC1CCc2nc(C(C)C)nn2C1.I. The zero-order valence-electron chi connectivity index (χ0n) is 17.0. The lowest BCUT2D eigenvalue weighted by Gasteiger charge is -2.26. The summed E-state index contributed by atoms with van der Waals surface area (Å²) in [5, 5.41) is 21.9. The Balaban J connectivity index is 0.00000280. The summed E-state index contributed by atoms with van der Waals surface area (Å²) in [5.41, 5.74) is -1.15. The molecule has 156 valence electrons. The van der Waals surface area contributed by atoms with Crippen LogP contribution in [0.15, 0.2) is 27.8 Å². The molecular weight excluding hydrogens is 471 g/mol. The average Bonchev–Trinajstić information content (AvgIpc) is 3.29. The fourth-order valence-corrected chi connectivity index (χ4v) is 3.10. The second-order valence-electron chi connectivity index (χ2n) is 7.55. The molecule has 0 aromatic carbocycles. The number of aryl methyl sites for hydroxylation is 1. The fourth-order valence-electron chi connectivity index (χ4n) is 3.10. The molecule has 1 aliphatic heterocycles. The number of fused-ring (bicyclic) bond motifs is 1. The lowest BCUT2D eigenvalue weighted by Crippen LogP contribution is -2.47. The predicted molar refractivity (Wildman–Crippen MR) is 119 cm³/mol. The highest BCUT2D eigenvalue weighted by Crippen LogP contribution is 2.21. The molecule has 1 aliphatic rings. The molecule has 0 radical (unpaired) electrons. The number of aliphatic imine (C=N–C) groups is 1. The standard InChI is InChI=1S/C19H30N6O2.HI/c1-5-20-18(21-12-19(4,26)15-7-6-10-27-15)22-14-8-9-16-23-17(13(2)3)24-25(16)11-14;/h6-7,10,13-14,26H,5,8-9,11-12H2,1-4H3,(H2,20,21,22);1H. The van der Waals surface area contributed by atoms with E-state index in [0.717, 1.165) is 37.6 Å². The van der Waals surface area contributed by atoms with Gasteiger partial charge in [-0.1, -0.05) is 13.8 Å². The minimum Gasteiger partial charge on any atom is -0.466 e. The summed E-state index contributed by atoms with van der Waals surface area (Å²) in [4.78, 5) is 9.20. The molecule has 3 rings (SSSR count). The topological polar surface area (TPSA) is 100 Å². The molecule has 2 aromatic heterocycles. The van der Waals surface area contributed by atoms with Crippen molar-refractivity contribution in [3.63, 3.8) is 0 Å². The summed E-state index contributed by atoms with van der Waals surface area (Å²) in [6.07, 6.45) is 3.41. The minimum absolute atomic E-state index is 0. The maximum absolute atomic E-state index is 10.6. The first-order chi connectivity index (χ1) is 12.9. The first-order valence-electron chi connectivity index (χ1n) is 9.64. The molecule has 0 saturated carbocycles. The fraction of sp³-hybridized carbons (Fsp3) is 0.632. The number of furan rings is 1. The van der Waals surface area contributed by atoms with Gasteiger partial charge in [-0.05, 0) is 32.4 Å². The number of aliphatic hydroxyl groups is 1. The van der Waals surface area contributed by atoms with E-state index in [1.807, 2.05) is 11.6 Å². The van der Waals surface area contributed by atoms with Gasteiger partial charge < -0.3 is 20.2 Å². The third-order valence-corrected chi connectivity index (χ3v) is 4.67. The highest BCUT2D eigenvalue weighted by atomic mass is 127. The lowest BCUT2D eigenvalue weighted by atomic mass is 10.0. The number of nitrogens with zero attached hydrogens (tertiary/aromatic N) is 4. The molecule has 8 nitrogen and oxygen atoms in total. The Kier molecular flexibility index (Phi) is 7.87. The van der Waals surface area contributed by atoms with Gasteiger partial charge in [-0.25, -0.2) is 14.7 Å². The third kappa shape index (κ3) is 5.47. The number of rotatable bonds is 6. The van der Waals surface area contributed by atoms with Gasteiger partial charge in [0.05, 0.1) is 19.4 Å². The van der Waals surface area contributed by atoms with Crippen LogP contribution in [-0.2, 0) is 18.6 Å². The Bertz CT molecular complexity index is 769. The predicted octanol–water partition coefficient (Wildman–Crippen LogP) is 2.39. The van der Waals surface area contributed by atoms with Crippen molar-refractivity contribution in [1.29, 1.82) is 0 Å². The third-order valence-electron chi connectivity index (χ3n) is 4.67. The van der Waals surface area contributed by atoms with E-state index < -0.39 is 5.60 Å². The van der Waals surface area contributed by atoms with E-state index in [0.29, 0.717) is 17.6 Å². The summed E-state index contributed by atoms with van der Waals surface area (Å²) in [5.74, 6) is 3.48. The Morgan fingerprint density at radius 3 is 2.93 bits per heavy atom. The summed E-state index contributed by atoms with van der Waals surface area (Å²) < 4.78 is 7.32. The molecular formula is C19H31IN6O2. The van der Waals surface area contributed by atoms with Crippen LogP contribution in [0, 0.1) is 0 Å². The van der Waals surface area contributed by atoms with Gasteiger partial charge in [0.25, 0.3) is 0 Å². The molecule has 0 bridgehead atoms. The van der Waals surface area contributed by atoms with Crippen molar-refractivity contribution in [2.75, 3.05) is 13.1 Å². The smallest absolute Gasteiger partial charge is 0.191 e. The first-order valence-corrected chi connectivity index (χ1v) is 9.64. The van der Waals surface area contributed by atoms with Gasteiger partial charge in [0.2, 0.25) is 0 Å². The van der Waals surface area contributed by atoms with Crippen LogP contribution < -0.4 is 10.6 Å². The number of hydrogen-bond acceptors (Lipinski definition) is 5. The summed E-state index contributed by atoms with van der Waals surface area (Å²) >= 11 is 0. The maximum atomic E-state index is 10.6. The largest absolute Gasteiger partial charge is 0.466 e. The molecule has 0 fully saturated rings. The zero-order valence-corrected chi connectivity index (χ0v) is 19.3. The van der Waals surface area contributed by atoms with Gasteiger partial charge in [-0.3, -0.25) is 0 Å². The molecule has 2 unspecified atom stereocenters. The highest BCUT2D eigenvalue weighted by molar-refractivity contribution is 14.0. The van der Waals surface area contributed by atoms with Crippen LogP contribution in [0.2, 0.25) is 0 Å². The molecule has 2 aromatic rings. The van der Waals surface area contributed by atoms with Gasteiger partial charge >= 0.3 is 0 Å². The second kappa shape index (κ2) is 9.73. The van der Waals surface area contributed by atoms with Crippen molar-refractivity contribution >= 4 is 29.9 Å². The molecule has 0 saturated heterocycles. The van der Waals surface area contributed by atoms with Gasteiger partial charge in [-0.15, -0.1) is 24.0 Å². The van der Waals surface area contributed by atoms with E-state index in [4.69, 9.17) is 4.42 Å². The molecule has 28 heavy (non-hydrogen) atoms. The normalized spacial score (nSPS) is 18.9. The van der Waals surface area contributed by atoms with E-state index in [-0.39, 0.29) is 36.6 Å². The Hall–Kier alpha value is -1.62. The minimum atomic E-state index is -1.15. The van der Waals surface area contributed by atoms with Crippen LogP contribution in [0.4, 0.5) is 0 Å². The summed E-state index contributed by atoms with van der Waals surface area (Å²) in [7, 11) is 0. The quantitative estimate of drug-likeness (QED) is 0.319. The zero-order chi connectivity index (χ0) is 19.4. The molecule has 0 spiro atoms. The molecule has 0 aliphatic carbocycles. The Morgan fingerprint density at radius 2 is 2.29 bits per heavy atom. The van der Waals surface area contributed by atoms with Crippen molar-refractivity contribution in [2.24, 2.45) is 4.99 Å². The van der Waals surface area contributed by atoms with Gasteiger partial charge in [-0.2, -0.15) is 5.10 Å². The van der Waals surface area contributed by atoms with Gasteiger partial charge in [0.15, 0.2) is 11.8 Å². The number of nitrogens with one attached hydrogen (secondary N) is 2. The van der Waals surface area contributed by atoms with Crippen molar-refractivity contribution in [1.82, 2.24) is 25.4 Å². The number of aromatic nitrogens is 3. The maximum Gasteiger partial charge on any atom is 0.191 e. The molecule has 3 N–H and O–H groups in total. The van der Waals surface area contributed by atoms with Crippen LogP contribution in [0.25, 0.3) is 0 Å². The van der Waals surface area contributed by atoms with Crippen LogP contribution in [0.5, 0.6) is 0 Å². The van der Waals surface area contributed by atoms with Crippen molar-refractivity contribution in [3.05, 3.63) is 35.8 Å². The Labute approximate surface area is 183 Å². The Morgan fingerprint density at radius 1 is 1.50 bits per heavy atom. The number of hydrogen-bond donors (Lipinski definition) is 3. The van der Waals surface area contributed by atoms with Crippen molar-refractivity contribution in [2.45, 2.75) is 64.6 Å². The highest BCUT2D eigenvalue weighted by Gasteiger charge is 2.27. The van der Waals surface area contributed by atoms with Crippen LogP contribution in [-0.4, -0.2) is 45.0 Å². The average molecular weight is 502 g/mol. The van der Waals surface area contributed by atoms with Crippen molar-refractivity contribution in [3.8, 4) is 0 Å². The molecule has 9 heteroatoms. The van der Waals surface area contributed by atoms with E-state index in [9.17, 15) is 5.11 Å². The summed E-state index contributed by atoms with van der Waals surface area (Å²) in [6, 6.07) is 3.74. The first kappa shape index (κ1) is 22.7.